The van der Waals surface area contributed by atoms with Gasteiger partial charge in [0.25, 0.3) is 0 Å². The zero-order chi connectivity index (χ0) is 0. The minimum absolute atomic E-state index is 0. The monoisotopic (exact) mass is 529 g/mol. The van der Waals surface area contributed by atoms with Crippen molar-refractivity contribution in [1.29, 1.82) is 0 Å². The van der Waals surface area contributed by atoms with E-state index in [2.05, 4.69) is 0 Å². The summed E-state index contributed by atoms with van der Waals surface area (Å²) in [5.74, 6) is 0. The van der Waals surface area contributed by atoms with E-state index in [1.807, 2.05) is 0 Å². The summed E-state index contributed by atoms with van der Waals surface area (Å²) >= 11 is 0. The third kappa shape index (κ3) is 49.3. The molecule has 0 saturated heterocycles. The van der Waals surface area contributed by atoms with Gasteiger partial charge in [0.2, 0.25) is 0 Å². The zero-order valence-corrected chi connectivity index (χ0v) is 6.87. The van der Waals surface area contributed by atoms with Crippen LogP contribution in [0.5, 0.6) is 0 Å². The molecule has 0 aromatic carbocycles. The molecule has 0 fully saturated rings. The fourth-order valence-corrected chi connectivity index (χ4v) is 0. The second kappa shape index (κ2) is 66.6. The van der Waals surface area contributed by atoms with Crippen LogP contribution in [0.1, 0.15) is 0 Å². The molecule has 0 aromatic rings. The van der Waals surface area contributed by atoms with Crippen molar-refractivity contribution in [3.05, 3.63) is 0 Å². The Morgan fingerprint density at radius 3 is 0.250 bits per heavy atom. The van der Waals surface area contributed by atoms with Gasteiger partial charge in [-0.15, -0.1) is 0 Å². The summed E-state index contributed by atoms with van der Waals surface area (Å²) < 4.78 is 0. The van der Waals surface area contributed by atoms with Gasteiger partial charge in [0.05, 0.1) is 0 Å². The van der Waals surface area contributed by atoms with Gasteiger partial charge in [-0.3, -0.25) is 0 Å². The van der Waals surface area contributed by atoms with Crippen LogP contribution >= 0.6 is 0 Å². The Morgan fingerprint density at radius 2 is 0.250 bits per heavy atom. The van der Waals surface area contributed by atoms with E-state index in [-0.39, 0.29) is 137 Å². The van der Waals surface area contributed by atoms with Gasteiger partial charge in [0.15, 0.2) is 0 Å². The summed E-state index contributed by atoms with van der Waals surface area (Å²) in [5.41, 5.74) is 0. The van der Waals surface area contributed by atoms with E-state index >= 15 is 0 Å². The normalized spacial score (nSPS) is 0. The molecule has 0 aliphatic carbocycles. The predicted octanol–water partition coefficient (Wildman–Crippen LogP) is -4.37. The first-order valence-electron chi connectivity index (χ1n) is 0. The molecule has 5 radical (unpaired) electrons. The predicted molar refractivity (Wildman–Crippen MR) is 34.0 cm³/mol. The summed E-state index contributed by atoms with van der Waals surface area (Å²) in [5, 5.41) is 0. The molecule has 0 bridgehead atoms. The van der Waals surface area contributed by atoms with Crippen molar-refractivity contribution in [2.75, 3.05) is 0 Å². The first kappa shape index (κ1) is 87.5. The quantitative estimate of drug-likeness (QED) is 0.281. The summed E-state index contributed by atoms with van der Waals surface area (Å²) in [6, 6.07) is 0. The molecule has 0 unspecified atom stereocenters. The molecule has 0 amide bonds. The van der Waals surface area contributed by atoms with Crippen molar-refractivity contribution >= 4 is 52.8 Å². The van der Waals surface area contributed by atoms with Crippen molar-refractivity contribution < 1.29 is 83.9 Å². The van der Waals surface area contributed by atoms with Gasteiger partial charge in [-0.05, 0) is 0 Å². The Bertz CT molecular complexity index is 7.64. The number of rotatable bonds is 0. The summed E-state index contributed by atoms with van der Waals surface area (Å²) in [7, 11) is 0. The van der Waals surface area contributed by atoms with Crippen LogP contribution in [-0.4, -0.2) is 52.8 Å². The van der Waals surface area contributed by atoms with E-state index in [4.69, 9.17) is 0 Å². The molecular weight excluding hydrogens is 512 g/mol. The Kier molecular flexibility index (Phi) is 728. The molecule has 69 valence electrons. The van der Waals surface area contributed by atoms with Crippen molar-refractivity contribution in [2.45, 2.75) is 0 Å². The van der Waals surface area contributed by atoms with Crippen molar-refractivity contribution in [2.24, 2.45) is 0 Å². The fourth-order valence-electron chi connectivity index (χ4n) is 0. The van der Waals surface area contributed by atoms with Gasteiger partial charge in [-0.25, -0.2) is 0 Å². The van der Waals surface area contributed by atoms with E-state index in [0.717, 1.165) is 0 Å². The third-order valence-electron chi connectivity index (χ3n) is 0. The standard InChI is InChI=1S/5Co.3GeH4/h;;;;;3*1H4. The molecule has 0 N–H and O–H groups in total. The van der Waals surface area contributed by atoms with Crippen LogP contribution < -0.4 is 0 Å². The van der Waals surface area contributed by atoms with E-state index in [0.29, 0.717) is 0 Å². The maximum atomic E-state index is 0. The minimum atomic E-state index is 0. The molecule has 8 heteroatoms. The van der Waals surface area contributed by atoms with Crippen LogP contribution in [0.3, 0.4) is 0 Å². The van der Waals surface area contributed by atoms with E-state index in [1.54, 1.807) is 0 Å². The SMILES string of the molecule is [Co].[Co].[Co].[Co].[Co].[GeH4].[GeH4].[GeH4]. The molecule has 8 heavy (non-hydrogen) atoms. The van der Waals surface area contributed by atoms with Crippen molar-refractivity contribution in [3.8, 4) is 0 Å². The Morgan fingerprint density at radius 1 is 0.250 bits per heavy atom. The van der Waals surface area contributed by atoms with Crippen LogP contribution in [0, 0.1) is 0 Å². The van der Waals surface area contributed by atoms with Gasteiger partial charge < -0.3 is 0 Å². The Hall–Kier alpha value is 4.16. The van der Waals surface area contributed by atoms with Crippen molar-refractivity contribution in [1.82, 2.24) is 0 Å². The Balaban J connectivity index is 0. The molecule has 0 atom stereocenters. The topological polar surface area (TPSA) is 0 Å². The summed E-state index contributed by atoms with van der Waals surface area (Å²) in [4.78, 5) is 0. The fraction of sp³-hybridized carbons (Fsp3) is 0. The summed E-state index contributed by atoms with van der Waals surface area (Å²) in [6.45, 7) is 0. The van der Waals surface area contributed by atoms with E-state index in [1.165, 1.54) is 0 Å². The molecule has 0 aliphatic heterocycles. The van der Waals surface area contributed by atoms with Gasteiger partial charge >= 0.3 is 52.8 Å². The molecular formula is H12Co5Ge3. The van der Waals surface area contributed by atoms with Gasteiger partial charge in [-0.2, -0.15) is 0 Å². The van der Waals surface area contributed by atoms with Gasteiger partial charge in [0.1, 0.15) is 0 Å². The molecule has 0 saturated carbocycles. The van der Waals surface area contributed by atoms with Crippen LogP contribution in [0.15, 0.2) is 0 Å². The molecule has 0 aliphatic rings. The molecule has 0 spiro atoms. The van der Waals surface area contributed by atoms with Crippen LogP contribution in [0.25, 0.3) is 0 Å². The van der Waals surface area contributed by atoms with Crippen LogP contribution in [-0.2, 0) is 83.9 Å². The van der Waals surface area contributed by atoms with Gasteiger partial charge in [-0.1, -0.05) is 0 Å². The average molecular weight is 525 g/mol. The molecule has 0 heterocycles. The third-order valence-corrected chi connectivity index (χ3v) is 0. The molecule has 0 nitrogen and oxygen atoms in total. The van der Waals surface area contributed by atoms with Crippen LogP contribution in [0.2, 0.25) is 0 Å². The zero-order valence-electron chi connectivity index (χ0n) is 1.67. The summed E-state index contributed by atoms with van der Waals surface area (Å²) in [6.07, 6.45) is 0. The second-order valence-corrected chi connectivity index (χ2v) is 0. The molecule has 0 rings (SSSR count). The average Bonchev–Trinajstić information content (AvgIpc) is 0. The first-order valence-corrected chi connectivity index (χ1v) is 0. The number of hydrogen-bond donors (Lipinski definition) is 0. The molecule has 0 aromatic heterocycles. The van der Waals surface area contributed by atoms with Gasteiger partial charge in [0, 0.05) is 83.9 Å². The first-order chi connectivity index (χ1) is 0. The number of hydrogen-bond acceptors (Lipinski definition) is 0. The van der Waals surface area contributed by atoms with E-state index < -0.39 is 0 Å². The second-order valence-electron chi connectivity index (χ2n) is 0. The van der Waals surface area contributed by atoms with E-state index in [9.17, 15) is 0 Å². The van der Waals surface area contributed by atoms with Crippen LogP contribution in [0.4, 0.5) is 0 Å². The van der Waals surface area contributed by atoms with Crippen molar-refractivity contribution in [3.63, 3.8) is 0 Å². The Labute approximate surface area is 134 Å². The maximum absolute atomic E-state index is 0.